The van der Waals surface area contributed by atoms with E-state index in [1.54, 1.807) is 12.3 Å². The number of nitrogens with zero attached hydrogens (tertiary/aromatic N) is 1. The van der Waals surface area contributed by atoms with E-state index in [4.69, 9.17) is 9.84 Å². The monoisotopic (exact) mass is 241 g/mol. The summed E-state index contributed by atoms with van der Waals surface area (Å²) >= 11 is 0. The number of ether oxygens (including phenoxy) is 1. The molecule has 0 fully saturated rings. The molecule has 18 heavy (non-hydrogen) atoms. The summed E-state index contributed by atoms with van der Waals surface area (Å²) in [5.74, 6) is -0.964. The molecular weight excluding hydrogens is 230 g/mol. The van der Waals surface area contributed by atoms with Crippen LogP contribution in [0.25, 0.3) is 11.1 Å². The third kappa shape index (κ3) is 1.87. The molecule has 0 spiro atoms. The highest BCUT2D eigenvalue weighted by molar-refractivity contribution is 5.88. The predicted molar refractivity (Wildman–Crippen MR) is 65.1 cm³/mol. The molecule has 0 unspecified atom stereocenters. The lowest BCUT2D eigenvalue weighted by atomic mass is 10.0. The van der Waals surface area contributed by atoms with Gasteiger partial charge >= 0.3 is 5.97 Å². The molecule has 0 amide bonds. The second-order valence-corrected chi connectivity index (χ2v) is 4.24. The molecule has 1 N–H and O–H groups in total. The van der Waals surface area contributed by atoms with Gasteiger partial charge in [-0.3, -0.25) is 4.98 Å². The molecule has 1 aliphatic heterocycles. The third-order valence-electron chi connectivity index (χ3n) is 3.04. The zero-order chi connectivity index (χ0) is 12.5. The number of fused-ring (bicyclic) bond motifs is 1. The number of rotatable bonds is 2. The maximum Gasteiger partial charge on any atom is 0.337 e. The number of benzene rings is 1. The first-order valence-electron chi connectivity index (χ1n) is 5.62. The molecule has 1 aliphatic rings. The van der Waals surface area contributed by atoms with Crippen LogP contribution < -0.4 is 0 Å². The van der Waals surface area contributed by atoms with Crippen molar-refractivity contribution in [2.24, 2.45) is 0 Å². The van der Waals surface area contributed by atoms with Crippen molar-refractivity contribution in [1.82, 2.24) is 4.98 Å². The highest BCUT2D eigenvalue weighted by Crippen LogP contribution is 2.26. The molecule has 0 atom stereocenters. The maximum atomic E-state index is 10.9. The summed E-state index contributed by atoms with van der Waals surface area (Å²) < 4.78 is 5.36. The first kappa shape index (κ1) is 10.9. The van der Waals surface area contributed by atoms with Crippen LogP contribution in [0.1, 0.15) is 21.5 Å². The fraction of sp³-hybridized carbons (Fsp3) is 0.143. The van der Waals surface area contributed by atoms with Crippen molar-refractivity contribution >= 4 is 5.97 Å². The Balaban J connectivity index is 2.04. The molecule has 2 aromatic rings. The normalized spacial score (nSPS) is 13.3. The lowest BCUT2D eigenvalue weighted by Crippen LogP contribution is -1.97. The van der Waals surface area contributed by atoms with Crippen LogP contribution in [0.15, 0.2) is 36.7 Å². The molecule has 0 radical (unpaired) electrons. The Morgan fingerprint density at radius 2 is 1.94 bits per heavy atom. The van der Waals surface area contributed by atoms with Gasteiger partial charge in [-0.1, -0.05) is 12.1 Å². The second kappa shape index (κ2) is 4.23. The van der Waals surface area contributed by atoms with Crippen LogP contribution >= 0.6 is 0 Å². The van der Waals surface area contributed by atoms with E-state index >= 15 is 0 Å². The Labute approximate surface area is 104 Å². The lowest BCUT2D eigenvalue weighted by Gasteiger charge is -2.04. The smallest absolute Gasteiger partial charge is 0.337 e. The van der Waals surface area contributed by atoms with Crippen molar-refractivity contribution in [2.75, 3.05) is 0 Å². The molecule has 90 valence electrons. The molecular formula is C14H11NO3. The van der Waals surface area contributed by atoms with Gasteiger partial charge in [0.15, 0.2) is 0 Å². The Bertz CT molecular complexity index is 622. The van der Waals surface area contributed by atoms with Gasteiger partial charge < -0.3 is 9.84 Å². The minimum Gasteiger partial charge on any atom is -0.478 e. The quantitative estimate of drug-likeness (QED) is 0.877. The standard InChI is InChI=1S/C14H11NO3/c16-14(17)12-4-11(5-15-6-12)9-1-2-10-7-18-8-13(10)3-9/h1-6H,7-8H2,(H,16,17). The molecule has 4 nitrogen and oxygen atoms in total. The minimum absolute atomic E-state index is 0.198. The van der Waals surface area contributed by atoms with Crippen LogP contribution in [-0.4, -0.2) is 16.1 Å². The van der Waals surface area contributed by atoms with Crippen molar-refractivity contribution in [1.29, 1.82) is 0 Å². The number of hydrogen-bond donors (Lipinski definition) is 1. The number of aromatic nitrogens is 1. The van der Waals surface area contributed by atoms with E-state index in [0.717, 1.165) is 16.7 Å². The number of hydrogen-bond acceptors (Lipinski definition) is 3. The molecule has 3 rings (SSSR count). The van der Waals surface area contributed by atoms with E-state index in [-0.39, 0.29) is 5.56 Å². The third-order valence-corrected chi connectivity index (χ3v) is 3.04. The number of pyridine rings is 1. The Morgan fingerprint density at radius 1 is 1.11 bits per heavy atom. The van der Waals surface area contributed by atoms with E-state index in [0.29, 0.717) is 13.2 Å². The van der Waals surface area contributed by atoms with Crippen molar-refractivity contribution in [3.05, 3.63) is 53.3 Å². The summed E-state index contributed by atoms with van der Waals surface area (Å²) in [6, 6.07) is 7.65. The van der Waals surface area contributed by atoms with Crippen LogP contribution in [-0.2, 0) is 18.0 Å². The number of carboxylic acid groups (broad SMARTS) is 1. The fourth-order valence-corrected chi connectivity index (χ4v) is 2.07. The van der Waals surface area contributed by atoms with E-state index in [2.05, 4.69) is 4.98 Å². The predicted octanol–water partition coefficient (Wildman–Crippen LogP) is 2.48. The molecule has 0 aliphatic carbocycles. The zero-order valence-electron chi connectivity index (χ0n) is 9.59. The largest absolute Gasteiger partial charge is 0.478 e. The number of aromatic carboxylic acids is 1. The average molecular weight is 241 g/mol. The molecule has 2 heterocycles. The summed E-state index contributed by atoms with van der Waals surface area (Å²) in [6.45, 7) is 1.28. The SMILES string of the molecule is O=C(O)c1cncc(-c2ccc3c(c2)COC3)c1. The van der Waals surface area contributed by atoms with E-state index < -0.39 is 5.97 Å². The van der Waals surface area contributed by atoms with Crippen molar-refractivity contribution in [3.63, 3.8) is 0 Å². The van der Waals surface area contributed by atoms with Crippen LogP contribution in [0, 0.1) is 0 Å². The summed E-state index contributed by atoms with van der Waals surface area (Å²) in [5, 5.41) is 8.95. The molecule has 4 heteroatoms. The molecule has 0 bridgehead atoms. The van der Waals surface area contributed by atoms with Gasteiger partial charge in [0.1, 0.15) is 0 Å². The van der Waals surface area contributed by atoms with E-state index in [9.17, 15) is 4.79 Å². The van der Waals surface area contributed by atoms with Crippen molar-refractivity contribution in [3.8, 4) is 11.1 Å². The van der Waals surface area contributed by atoms with Crippen molar-refractivity contribution < 1.29 is 14.6 Å². The summed E-state index contributed by atoms with van der Waals surface area (Å²) in [4.78, 5) is 14.9. The van der Waals surface area contributed by atoms with Gasteiger partial charge in [0.05, 0.1) is 18.8 Å². The first-order valence-corrected chi connectivity index (χ1v) is 5.62. The lowest BCUT2D eigenvalue weighted by molar-refractivity contribution is 0.0696. The maximum absolute atomic E-state index is 10.9. The number of carboxylic acids is 1. The van der Waals surface area contributed by atoms with Crippen LogP contribution in [0.5, 0.6) is 0 Å². The van der Waals surface area contributed by atoms with Crippen LogP contribution in [0.3, 0.4) is 0 Å². The second-order valence-electron chi connectivity index (χ2n) is 4.24. The molecule has 1 aromatic heterocycles. The molecule has 1 aromatic carbocycles. The van der Waals surface area contributed by atoms with E-state index in [1.807, 2.05) is 18.2 Å². The fourth-order valence-electron chi connectivity index (χ4n) is 2.07. The van der Waals surface area contributed by atoms with E-state index in [1.165, 1.54) is 11.8 Å². The van der Waals surface area contributed by atoms with Gasteiger partial charge in [-0.2, -0.15) is 0 Å². The summed E-state index contributed by atoms with van der Waals surface area (Å²) in [7, 11) is 0. The Morgan fingerprint density at radius 3 is 2.78 bits per heavy atom. The van der Waals surface area contributed by atoms with Gasteiger partial charge in [0.2, 0.25) is 0 Å². The topological polar surface area (TPSA) is 59.4 Å². The number of carbonyl (C=O) groups is 1. The molecule has 0 saturated heterocycles. The van der Waals surface area contributed by atoms with Gasteiger partial charge in [-0.25, -0.2) is 4.79 Å². The van der Waals surface area contributed by atoms with Gasteiger partial charge in [0, 0.05) is 18.0 Å². The van der Waals surface area contributed by atoms with Crippen LogP contribution in [0.2, 0.25) is 0 Å². The Hall–Kier alpha value is -2.20. The highest BCUT2D eigenvalue weighted by Gasteiger charge is 2.12. The van der Waals surface area contributed by atoms with Crippen LogP contribution in [0.4, 0.5) is 0 Å². The van der Waals surface area contributed by atoms with Gasteiger partial charge in [0.25, 0.3) is 0 Å². The Kier molecular flexibility index (Phi) is 2.57. The first-order chi connectivity index (χ1) is 8.74. The highest BCUT2D eigenvalue weighted by atomic mass is 16.5. The summed E-state index contributed by atoms with van der Waals surface area (Å²) in [5.41, 5.74) is 4.33. The van der Waals surface area contributed by atoms with Crippen molar-refractivity contribution in [2.45, 2.75) is 13.2 Å². The summed E-state index contributed by atoms with van der Waals surface area (Å²) in [6.07, 6.45) is 3.02. The average Bonchev–Trinajstić information content (AvgIpc) is 2.86. The van der Waals surface area contributed by atoms with Gasteiger partial charge in [-0.15, -0.1) is 0 Å². The zero-order valence-corrected chi connectivity index (χ0v) is 9.59. The van der Waals surface area contributed by atoms with Gasteiger partial charge in [-0.05, 0) is 28.8 Å². The molecule has 0 saturated carbocycles. The minimum atomic E-state index is -0.964.